The second-order valence-electron chi connectivity index (χ2n) is 6.26. The zero-order valence-electron chi connectivity index (χ0n) is 13.4. The van der Waals surface area contributed by atoms with Gasteiger partial charge < -0.3 is 10.4 Å². The molecule has 0 bridgehead atoms. The van der Waals surface area contributed by atoms with Crippen molar-refractivity contribution in [3.05, 3.63) is 35.4 Å². The van der Waals surface area contributed by atoms with Crippen molar-refractivity contribution in [3.8, 4) is 0 Å². The van der Waals surface area contributed by atoms with Crippen LogP contribution in [0.5, 0.6) is 0 Å². The minimum atomic E-state index is -0.591. The van der Waals surface area contributed by atoms with E-state index < -0.39 is 11.6 Å². The number of amides is 1. The summed E-state index contributed by atoms with van der Waals surface area (Å²) in [6.07, 6.45) is 2.69. The van der Waals surface area contributed by atoms with E-state index in [0.717, 1.165) is 19.3 Å². The third-order valence-corrected chi connectivity index (χ3v) is 4.34. The number of carbonyl (C=O) groups is 1. The molecule has 1 amide bonds. The summed E-state index contributed by atoms with van der Waals surface area (Å²) >= 11 is 0. The molecule has 1 aromatic rings. The zero-order chi connectivity index (χ0) is 16.8. The van der Waals surface area contributed by atoms with E-state index in [1.54, 1.807) is 0 Å². The Balaban J connectivity index is 1.70. The highest BCUT2D eigenvalue weighted by Crippen LogP contribution is 2.25. The number of aliphatic hydroxyl groups is 1. The molecule has 2 rings (SSSR count). The number of aliphatic hydroxyl groups excluding tert-OH is 1. The minimum absolute atomic E-state index is 0.00441. The van der Waals surface area contributed by atoms with Crippen LogP contribution in [0, 0.1) is 17.6 Å². The lowest BCUT2D eigenvalue weighted by Gasteiger charge is -2.22. The highest BCUT2D eigenvalue weighted by molar-refractivity contribution is 5.77. The van der Waals surface area contributed by atoms with Gasteiger partial charge in [0.1, 0.15) is 11.6 Å². The average Bonchev–Trinajstić information content (AvgIpc) is 2.87. The normalized spacial score (nSPS) is 20.9. The van der Waals surface area contributed by atoms with E-state index in [4.69, 9.17) is 0 Å². The van der Waals surface area contributed by atoms with Gasteiger partial charge in [-0.15, -0.1) is 0 Å². The number of carbonyl (C=O) groups excluding carboxylic acids is 1. The van der Waals surface area contributed by atoms with E-state index in [1.165, 1.54) is 18.2 Å². The molecule has 1 aliphatic rings. The van der Waals surface area contributed by atoms with Crippen molar-refractivity contribution >= 4 is 5.91 Å². The molecule has 128 valence electrons. The van der Waals surface area contributed by atoms with Gasteiger partial charge in [-0.2, -0.15) is 0 Å². The first kappa shape index (κ1) is 17.8. The molecule has 1 aliphatic carbocycles. The number of benzene rings is 1. The van der Waals surface area contributed by atoms with Crippen molar-refractivity contribution in [1.82, 2.24) is 10.2 Å². The maximum Gasteiger partial charge on any atom is 0.234 e. The Morgan fingerprint density at radius 3 is 2.65 bits per heavy atom. The fourth-order valence-electron chi connectivity index (χ4n) is 3.09. The molecule has 4 nitrogen and oxygen atoms in total. The maximum atomic E-state index is 13.5. The van der Waals surface area contributed by atoms with E-state index >= 15 is 0 Å². The third-order valence-electron chi connectivity index (χ3n) is 4.34. The van der Waals surface area contributed by atoms with Gasteiger partial charge in [-0.05, 0) is 44.4 Å². The second kappa shape index (κ2) is 8.36. The lowest BCUT2D eigenvalue weighted by molar-refractivity contribution is -0.122. The lowest BCUT2D eigenvalue weighted by atomic mass is 10.1. The van der Waals surface area contributed by atoms with Gasteiger partial charge in [-0.3, -0.25) is 9.69 Å². The summed E-state index contributed by atoms with van der Waals surface area (Å²) in [5.74, 6) is -1.14. The van der Waals surface area contributed by atoms with E-state index in [1.807, 2.05) is 11.9 Å². The van der Waals surface area contributed by atoms with Crippen molar-refractivity contribution in [1.29, 1.82) is 0 Å². The van der Waals surface area contributed by atoms with Crippen LogP contribution in [0.1, 0.15) is 24.8 Å². The Kier molecular flexibility index (Phi) is 6.47. The van der Waals surface area contributed by atoms with Crippen LogP contribution >= 0.6 is 0 Å². The second-order valence-corrected chi connectivity index (χ2v) is 6.26. The monoisotopic (exact) mass is 326 g/mol. The molecule has 6 heteroatoms. The Morgan fingerprint density at radius 1 is 1.35 bits per heavy atom. The van der Waals surface area contributed by atoms with Crippen LogP contribution in [0.3, 0.4) is 0 Å². The average molecular weight is 326 g/mol. The Bertz CT molecular complexity index is 519. The summed E-state index contributed by atoms with van der Waals surface area (Å²) in [7, 11) is 1.83. The van der Waals surface area contributed by atoms with E-state index in [2.05, 4.69) is 5.32 Å². The van der Waals surface area contributed by atoms with Crippen LogP contribution in [0.4, 0.5) is 8.78 Å². The van der Waals surface area contributed by atoms with Crippen LogP contribution in [-0.2, 0) is 11.2 Å². The quantitative estimate of drug-likeness (QED) is 0.802. The Morgan fingerprint density at radius 2 is 2.04 bits per heavy atom. The molecule has 0 saturated heterocycles. The number of nitrogens with zero attached hydrogens (tertiary/aromatic N) is 1. The summed E-state index contributed by atoms with van der Waals surface area (Å²) < 4.78 is 26.9. The Labute approximate surface area is 135 Å². The number of halogens is 2. The first-order valence-corrected chi connectivity index (χ1v) is 8.03. The van der Waals surface area contributed by atoms with Crippen LogP contribution < -0.4 is 5.32 Å². The SMILES string of the molecule is CN(CC(=O)NCCc1c(F)cccc1F)CC1CCCC1O. The first-order chi connectivity index (χ1) is 11.0. The smallest absolute Gasteiger partial charge is 0.234 e. The molecule has 23 heavy (non-hydrogen) atoms. The van der Waals surface area contributed by atoms with Crippen molar-refractivity contribution in [2.75, 3.05) is 26.7 Å². The van der Waals surface area contributed by atoms with Crippen LogP contribution in [0.25, 0.3) is 0 Å². The molecule has 0 aromatic heterocycles. The van der Waals surface area contributed by atoms with Gasteiger partial charge in [0.25, 0.3) is 0 Å². The molecule has 2 unspecified atom stereocenters. The predicted molar refractivity (Wildman–Crippen MR) is 83.9 cm³/mol. The number of nitrogens with one attached hydrogen (secondary N) is 1. The van der Waals surface area contributed by atoms with Gasteiger partial charge in [-0.1, -0.05) is 12.5 Å². The topological polar surface area (TPSA) is 52.6 Å². The Hall–Kier alpha value is -1.53. The number of hydrogen-bond acceptors (Lipinski definition) is 3. The van der Waals surface area contributed by atoms with Gasteiger partial charge in [0.05, 0.1) is 12.6 Å². The van der Waals surface area contributed by atoms with Crippen molar-refractivity contribution < 1.29 is 18.7 Å². The van der Waals surface area contributed by atoms with Crippen LogP contribution in [-0.4, -0.2) is 48.7 Å². The molecule has 1 aromatic carbocycles. The summed E-state index contributed by atoms with van der Waals surface area (Å²) in [4.78, 5) is 13.7. The molecule has 1 saturated carbocycles. The van der Waals surface area contributed by atoms with Gasteiger partial charge in [-0.25, -0.2) is 8.78 Å². The maximum absolute atomic E-state index is 13.5. The molecule has 0 spiro atoms. The van der Waals surface area contributed by atoms with Crippen molar-refractivity contribution in [3.63, 3.8) is 0 Å². The molecule has 1 fully saturated rings. The predicted octanol–water partition coefficient (Wildman–Crippen LogP) is 1.72. The fourth-order valence-corrected chi connectivity index (χ4v) is 3.09. The number of rotatable bonds is 7. The van der Waals surface area contributed by atoms with E-state index in [0.29, 0.717) is 6.54 Å². The summed E-state index contributed by atoms with van der Waals surface area (Å²) in [6, 6.07) is 3.74. The minimum Gasteiger partial charge on any atom is -0.393 e. The fraction of sp³-hybridized carbons (Fsp3) is 0.588. The lowest BCUT2D eigenvalue weighted by Crippen LogP contribution is -2.39. The number of likely N-dealkylation sites (N-methyl/N-ethyl adjacent to an activating group) is 1. The number of hydrogen-bond donors (Lipinski definition) is 2. The van der Waals surface area contributed by atoms with E-state index in [9.17, 15) is 18.7 Å². The molecular formula is C17H24F2N2O2. The summed E-state index contributed by atoms with van der Waals surface area (Å²) in [5, 5.41) is 12.5. The van der Waals surface area contributed by atoms with Gasteiger partial charge >= 0.3 is 0 Å². The van der Waals surface area contributed by atoms with Gasteiger partial charge in [0.15, 0.2) is 0 Å². The van der Waals surface area contributed by atoms with Crippen LogP contribution in [0.2, 0.25) is 0 Å². The standard InChI is InChI=1S/C17H24F2N2O2/c1-21(10-12-4-2-7-16(12)22)11-17(23)20-9-8-13-14(18)5-3-6-15(13)19/h3,5-6,12,16,22H,2,4,7-11H2,1H3,(H,20,23). The van der Waals surface area contributed by atoms with Crippen LogP contribution in [0.15, 0.2) is 18.2 Å². The molecular weight excluding hydrogens is 302 g/mol. The molecule has 0 radical (unpaired) electrons. The zero-order valence-corrected chi connectivity index (χ0v) is 13.4. The largest absolute Gasteiger partial charge is 0.393 e. The van der Waals surface area contributed by atoms with Crippen molar-refractivity contribution in [2.24, 2.45) is 5.92 Å². The highest BCUT2D eigenvalue weighted by atomic mass is 19.1. The molecule has 0 heterocycles. The molecule has 2 N–H and O–H groups in total. The van der Waals surface area contributed by atoms with Gasteiger partial charge in [0.2, 0.25) is 5.91 Å². The summed E-state index contributed by atoms with van der Waals surface area (Å²) in [5.41, 5.74) is -0.00441. The van der Waals surface area contributed by atoms with E-state index in [-0.39, 0.29) is 43.0 Å². The summed E-state index contributed by atoms with van der Waals surface area (Å²) in [6.45, 7) is 1.08. The van der Waals surface area contributed by atoms with Crippen molar-refractivity contribution in [2.45, 2.75) is 31.8 Å². The third kappa shape index (κ3) is 5.25. The highest BCUT2D eigenvalue weighted by Gasteiger charge is 2.26. The van der Waals surface area contributed by atoms with Gasteiger partial charge in [0, 0.05) is 18.7 Å². The molecule has 2 atom stereocenters. The molecule has 0 aliphatic heterocycles. The first-order valence-electron chi connectivity index (χ1n) is 8.03.